The molecule has 0 saturated heterocycles. The van der Waals surface area contributed by atoms with E-state index in [0.29, 0.717) is 22.9 Å². The Kier molecular flexibility index (Phi) is 4.45. The third kappa shape index (κ3) is 3.37. The van der Waals surface area contributed by atoms with Crippen LogP contribution in [0.25, 0.3) is 0 Å². The standard InChI is InChI=1S/C14H16FNO2S2/c1-3-10(2)11-4-6-12(7-5-11)16-20(17,18)14-9-8-13(15)19-14/h4-10,16H,3H2,1-2H3/t10-/m1/s1. The molecule has 0 aliphatic carbocycles. The highest BCUT2D eigenvalue weighted by atomic mass is 32.2. The summed E-state index contributed by atoms with van der Waals surface area (Å²) in [7, 11) is -3.70. The van der Waals surface area contributed by atoms with Gasteiger partial charge in [0.25, 0.3) is 10.0 Å². The van der Waals surface area contributed by atoms with Crippen LogP contribution in [-0.4, -0.2) is 8.42 Å². The zero-order valence-corrected chi connectivity index (χ0v) is 12.9. The number of rotatable bonds is 5. The van der Waals surface area contributed by atoms with Crippen LogP contribution in [0.15, 0.2) is 40.6 Å². The van der Waals surface area contributed by atoms with Crippen molar-refractivity contribution in [2.45, 2.75) is 30.4 Å². The molecule has 0 saturated carbocycles. The molecule has 0 bridgehead atoms. The maximum Gasteiger partial charge on any atom is 0.271 e. The summed E-state index contributed by atoms with van der Waals surface area (Å²) in [6.45, 7) is 4.22. The van der Waals surface area contributed by atoms with Crippen LogP contribution in [0.3, 0.4) is 0 Å². The van der Waals surface area contributed by atoms with E-state index in [1.807, 2.05) is 12.1 Å². The fraction of sp³-hybridized carbons (Fsp3) is 0.286. The van der Waals surface area contributed by atoms with E-state index in [0.717, 1.165) is 18.1 Å². The average molecular weight is 313 g/mol. The smallest absolute Gasteiger partial charge is 0.271 e. The molecule has 2 rings (SSSR count). The Morgan fingerprint density at radius 2 is 1.85 bits per heavy atom. The lowest BCUT2D eigenvalue weighted by Gasteiger charge is -2.10. The molecule has 0 fully saturated rings. The molecule has 1 heterocycles. The molecule has 108 valence electrons. The van der Waals surface area contributed by atoms with Gasteiger partial charge in [-0.3, -0.25) is 4.72 Å². The molecule has 0 amide bonds. The van der Waals surface area contributed by atoms with Gasteiger partial charge in [-0.2, -0.15) is 4.39 Å². The Hall–Kier alpha value is -1.40. The van der Waals surface area contributed by atoms with Crippen molar-refractivity contribution in [3.05, 3.63) is 47.1 Å². The molecule has 1 atom stereocenters. The molecule has 2 aromatic rings. The van der Waals surface area contributed by atoms with Gasteiger partial charge >= 0.3 is 0 Å². The number of thiophene rings is 1. The Labute approximate surface area is 122 Å². The van der Waals surface area contributed by atoms with Gasteiger partial charge in [0.05, 0.1) is 0 Å². The van der Waals surface area contributed by atoms with Crippen LogP contribution >= 0.6 is 11.3 Å². The Bertz CT molecular complexity index is 677. The summed E-state index contributed by atoms with van der Waals surface area (Å²) < 4.78 is 39.4. The second-order valence-electron chi connectivity index (χ2n) is 4.60. The molecule has 0 unspecified atom stereocenters. The molecule has 20 heavy (non-hydrogen) atoms. The van der Waals surface area contributed by atoms with E-state index >= 15 is 0 Å². The van der Waals surface area contributed by atoms with E-state index in [1.165, 1.54) is 6.07 Å². The van der Waals surface area contributed by atoms with Gasteiger partial charge in [-0.15, -0.1) is 0 Å². The number of halogens is 1. The summed E-state index contributed by atoms with van der Waals surface area (Å²) in [6, 6.07) is 9.66. The monoisotopic (exact) mass is 313 g/mol. The van der Waals surface area contributed by atoms with Crippen LogP contribution in [0, 0.1) is 5.13 Å². The number of benzene rings is 1. The molecule has 6 heteroatoms. The molecule has 0 aliphatic rings. The van der Waals surface area contributed by atoms with E-state index in [4.69, 9.17) is 0 Å². The lowest BCUT2D eigenvalue weighted by atomic mass is 9.99. The highest BCUT2D eigenvalue weighted by Crippen LogP contribution is 2.24. The molecular formula is C14H16FNO2S2. The average Bonchev–Trinajstić information content (AvgIpc) is 2.86. The van der Waals surface area contributed by atoms with Gasteiger partial charge in [-0.1, -0.05) is 37.3 Å². The lowest BCUT2D eigenvalue weighted by molar-refractivity contribution is 0.603. The molecule has 0 spiro atoms. The third-order valence-electron chi connectivity index (χ3n) is 3.16. The van der Waals surface area contributed by atoms with E-state index in [1.54, 1.807) is 12.1 Å². The van der Waals surface area contributed by atoms with Crippen LogP contribution in [0.4, 0.5) is 10.1 Å². The maximum atomic E-state index is 12.9. The summed E-state index contributed by atoms with van der Waals surface area (Å²) in [5.74, 6) is 0.437. The van der Waals surface area contributed by atoms with Crippen LogP contribution in [0.1, 0.15) is 31.7 Å². The van der Waals surface area contributed by atoms with E-state index in [9.17, 15) is 12.8 Å². The van der Waals surface area contributed by atoms with Crippen LogP contribution < -0.4 is 4.72 Å². The molecule has 1 aromatic carbocycles. The minimum Gasteiger partial charge on any atom is -0.279 e. The van der Waals surface area contributed by atoms with Crippen molar-refractivity contribution in [1.29, 1.82) is 0 Å². The SMILES string of the molecule is CC[C@@H](C)c1ccc(NS(=O)(=O)c2ccc(F)s2)cc1. The van der Waals surface area contributed by atoms with Gasteiger partial charge in [0.15, 0.2) is 5.13 Å². The van der Waals surface area contributed by atoms with Crippen molar-refractivity contribution in [3.63, 3.8) is 0 Å². The molecule has 0 radical (unpaired) electrons. The summed E-state index contributed by atoms with van der Waals surface area (Å²) in [4.78, 5) is 0. The first kappa shape index (κ1) is 15.0. The van der Waals surface area contributed by atoms with Gasteiger partial charge in [0.2, 0.25) is 0 Å². The minimum atomic E-state index is -3.70. The second-order valence-corrected chi connectivity index (χ2v) is 7.54. The summed E-state index contributed by atoms with van der Waals surface area (Å²) in [5, 5.41) is -0.516. The van der Waals surface area contributed by atoms with E-state index in [2.05, 4.69) is 18.6 Å². The minimum absolute atomic E-state index is 0.0268. The molecular weight excluding hydrogens is 297 g/mol. The van der Waals surface area contributed by atoms with Gasteiger partial charge < -0.3 is 0 Å². The summed E-state index contributed by atoms with van der Waals surface area (Å²) in [6.07, 6.45) is 1.03. The molecule has 1 aromatic heterocycles. The molecule has 0 aliphatic heterocycles. The van der Waals surface area contributed by atoms with Crippen LogP contribution in [-0.2, 0) is 10.0 Å². The van der Waals surface area contributed by atoms with Crippen molar-refractivity contribution < 1.29 is 12.8 Å². The largest absolute Gasteiger partial charge is 0.279 e. The second kappa shape index (κ2) is 5.93. The normalized spacial score (nSPS) is 13.2. The van der Waals surface area contributed by atoms with Crippen molar-refractivity contribution in [2.75, 3.05) is 4.72 Å². The molecule has 3 nitrogen and oxygen atoms in total. The Morgan fingerprint density at radius 1 is 1.20 bits per heavy atom. The van der Waals surface area contributed by atoms with Gasteiger partial charge in [-0.25, -0.2) is 8.42 Å². The van der Waals surface area contributed by atoms with Gasteiger partial charge in [0.1, 0.15) is 4.21 Å². The van der Waals surface area contributed by atoms with Crippen molar-refractivity contribution in [1.82, 2.24) is 0 Å². The first-order chi connectivity index (χ1) is 9.42. The molecule has 1 N–H and O–H groups in total. The van der Waals surface area contributed by atoms with E-state index in [-0.39, 0.29) is 4.21 Å². The fourth-order valence-corrected chi connectivity index (χ4v) is 3.82. The maximum absolute atomic E-state index is 12.9. The summed E-state index contributed by atoms with van der Waals surface area (Å²) in [5.41, 5.74) is 1.64. The topological polar surface area (TPSA) is 46.2 Å². The van der Waals surface area contributed by atoms with Crippen LogP contribution in [0.5, 0.6) is 0 Å². The first-order valence-electron chi connectivity index (χ1n) is 6.30. The number of hydrogen-bond donors (Lipinski definition) is 1. The lowest BCUT2D eigenvalue weighted by Crippen LogP contribution is -2.11. The Morgan fingerprint density at radius 3 is 2.35 bits per heavy atom. The van der Waals surface area contributed by atoms with Crippen LogP contribution in [0.2, 0.25) is 0 Å². The number of sulfonamides is 1. The predicted molar refractivity (Wildman–Crippen MR) is 80.2 cm³/mol. The highest BCUT2D eigenvalue weighted by Gasteiger charge is 2.17. The number of anilines is 1. The third-order valence-corrected chi connectivity index (χ3v) is 5.90. The highest BCUT2D eigenvalue weighted by molar-refractivity contribution is 7.94. The fourth-order valence-electron chi connectivity index (χ4n) is 1.76. The van der Waals surface area contributed by atoms with Gasteiger partial charge in [-0.05, 0) is 42.2 Å². The number of nitrogens with one attached hydrogen (secondary N) is 1. The van der Waals surface area contributed by atoms with Crippen molar-refractivity contribution in [3.8, 4) is 0 Å². The van der Waals surface area contributed by atoms with E-state index < -0.39 is 15.2 Å². The number of hydrogen-bond acceptors (Lipinski definition) is 3. The Balaban J connectivity index is 2.18. The van der Waals surface area contributed by atoms with Gasteiger partial charge in [0, 0.05) is 5.69 Å². The summed E-state index contributed by atoms with van der Waals surface area (Å²) >= 11 is 0.608. The van der Waals surface area contributed by atoms with Crippen molar-refractivity contribution in [2.24, 2.45) is 0 Å². The quantitative estimate of drug-likeness (QED) is 0.899. The zero-order chi connectivity index (χ0) is 14.8. The van der Waals surface area contributed by atoms with Crippen molar-refractivity contribution >= 4 is 27.0 Å². The predicted octanol–water partition coefficient (Wildman–Crippen LogP) is 4.20. The zero-order valence-electron chi connectivity index (χ0n) is 11.3. The first-order valence-corrected chi connectivity index (χ1v) is 8.60.